The van der Waals surface area contributed by atoms with E-state index in [1.807, 2.05) is 26.8 Å². The van der Waals surface area contributed by atoms with Gasteiger partial charge in [0.15, 0.2) is 0 Å². The summed E-state index contributed by atoms with van der Waals surface area (Å²) in [6.45, 7) is 12.6. The van der Waals surface area contributed by atoms with Crippen LogP contribution in [0.5, 0.6) is 0 Å². The van der Waals surface area contributed by atoms with Gasteiger partial charge in [-0.05, 0) is 39.2 Å². The van der Waals surface area contributed by atoms with Gasteiger partial charge in [0.05, 0.1) is 0 Å². The van der Waals surface area contributed by atoms with Crippen molar-refractivity contribution in [3.63, 3.8) is 0 Å². The summed E-state index contributed by atoms with van der Waals surface area (Å²) < 4.78 is 5.45. The minimum Gasteiger partial charge on any atom is -0.444 e. The number of piperazine rings is 1. The second kappa shape index (κ2) is 10.3. The first-order valence-corrected chi connectivity index (χ1v) is 11.1. The molecule has 2 fully saturated rings. The van der Waals surface area contributed by atoms with E-state index in [1.165, 1.54) is 5.56 Å². The molecule has 1 atom stereocenters. The van der Waals surface area contributed by atoms with E-state index in [0.717, 1.165) is 45.7 Å². The van der Waals surface area contributed by atoms with Gasteiger partial charge >= 0.3 is 6.09 Å². The number of amides is 2. The summed E-state index contributed by atoms with van der Waals surface area (Å²) in [6, 6.07) is 10.2. The van der Waals surface area contributed by atoms with Crippen molar-refractivity contribution in [2.75, 3.05) is 45.8 Å². The van der Waals surface area contributed by atoms with E-state index >= 15 is 0 Å². The molecule has 1 N–H and O–H groups in total. The molecule has 0 radical (unpaired) electrons. The van der Waals surface area contributed by atoms with Gasteiger partial charge < -0.3 is 10.1 Å². The van der Waals surface area contributed by atoms with Crippen molar-refractivity contribution in [3.8, 4) is 0 Å². The number of ether oxygens (including phenoxy) is 1. The third-order valence-electron chi connectivity index (χ3n) is 5.62. The second-order valence-electron chi connectivity index (χ2n) is 9.23. The maximum Gasteiger partial charge on any atom is 0.410 e. The Labute approximate surface area is 180 Å². The molecule has 1 unspecified atom stereocenters. The standard InChI is InChI=1S/C23H36N4O3/c1-23(2,3)30-22(29)27-12-7-10-20(27)21(28)24-11-13-25-14-16-26(17-15-25)18-19-8-5-4-6-9-19/h4-6,8-9,20H,7,10-18H2,1-3H3,(H,24,28). The summed E-state index contributed by atoms with van der Waals surface area (Å²) in [5.41, 5.74) is 0.799. The van der Waals surface area contributed by atoms with Crippen molar-refractivity contribution < 1.29 is 14.3 Å². The number of carbonyl (C=O) groups is 2. The Morgan fingerprint density at radius 2 is 1.70 bits per heavy atom. The SMILES string of the molecule is CC(C)(C)OC(=O)N1CCCC1C(=O)NCCN1CCN(Cc2ccccc2)CC1. The lowest BCUT2D eigenvalue weighted by molar-refractivity contribution is -0.125. The highest BCUT2D eigenvalue weighted by molar-refractivity contribution is 5.86. The van der Waals surface area contributed by atoms with Crippen molar-refractivity contribution in [1.29, 1.82) is 0 Å². The van der Waals surface area contributed by atoms with Gasteiger partial charge in [-0.3, -0.25) is 19.5 Å². The van der Waals surface area contributed by atoms with Crippen LogP contribution in [-0.4, -0.2) is 84.2 Å². The average Bonchev–Trinajstić information content (AvgIpc) is 3.19. The molecule has 1 aromatic carbocycles. The van der Waals surface area contributed by atoms with E-state index < -0.39 is 17.7 Å². The van der Waals surface area contributed by atoms with Gasteiger partial charge in [-0.2, -0.15) is 0 Å². The number of nitrogens with one attached hydrogen (secondary N) is 1. The number of nitrogens with zero attached hydrogens (tertiary/aromatic N) is 3. The van der Waals surface area contributed by atoms with Crippen LogP contribution in [0.1, 0.15) is 39.2 Å². The van der Waals surface area contributed by atoms with Crippen LogP contribution in [0, 0.1) is 0 Å². The first kappa shape index (κ1) is 22.6. The molecule has 166 valence electrons. The van der Waals surface area contributed by atoms with Gasteiger partial charge in [0.2, 0.25) is 5.91 Å². The molecule has 0 bridgehead atoms. The lowest BCUT2D eigenvalue weighted by Gasteiger charge is -2.34. The lowest BCUT2D eigenvalue weighted by Crippen LogP contribution is -2.50. The van der Waals surface area contributed by atoms with Crippen LogP contribution in [-0.2, 0) is 16.1 Å². The maximum absolute atomic E-state index is 12.6. The molecule has 30 heavy (non-hydrogen) atoms. The molecule has 2 heterocycles. The van der Waals surface area contributed by atoms with Crippen molar-refractivity contribution in [2.45, 2.75) is 51.8 Å². The predicted octanol–water partition coefficient (Wildman–Crippen LogP) is 2.32. The van der Waals surface area contributed by atoms with E-state index in [-0.39, 0.29) is 5.91 Å². The Balaban J connectivity index is 1.36. The zero-order chi connectivity index (χ0) is 21.6. The molecule has 0 aliphatic carbocycles. The summed E-state index contributed by atoms with van der Waals surface area (Å²) in [5.74, 6) is -0.0685. The van der Waals surface area contributed by atoms with Gasteiger partial charge in [0, 0.05) is 52.4 Å². The molecule has 0 aromatic heterocycles. The Morgan fingerprint density at radius 3 is 2.37 bits per heavy atom. The quantitative estimate of drug-likeness (QED) is 0.771. The summed E-state index contributed by atoms with van der Waals surface area (Å²) in [4.78, 5) is 31.4. The largest absolute Gasteiger partial charge is 0.444 e. The van der Waals surface area contributed by atoms with Crippen molar-refractivity contribution >= 4 is 12.0 Å². The van der Waals surface area contributed by atoms with E-state index in [9.17, 15) is 9.59 Å². The number of rotatable bonds is 6. The topological polar surface area (TPSA) is 65.1 Å². The minimum atomic E-state index is -0.552. The number of hydrogen-bond acceptors (Lipinski definition) is 5. The highest BCUT2D eigenvalue weighted by Gasteiger charge is 2.36. The molecule has 3 rings (SSSR count). The second-order valence-corrected chi connectivity index (χ2v) is 9.23. The van der Waals surface area contributed by atoms with Crippen LogP contribution in [0.15, 0.2) is 30.3 Å². The highest BCUT2D eigenvalue weighted by atomic mass is 16.6. The summed E-state index contributed by atoms with van der Waals surface area (Å²) in [7, 11) is 0. The smallest absolute Gasteiger partial charge is 0.410 e. The van der Waals surface area contributed by atoms with Gasteiger partial charge in [0.1, 0.15) is 11.6 Å². The fraction of sp³-hybridized carbons (Fsp3) is 0.652. The number of benzene rings is 1. The molecule has 2 aliphatic rings. The minimum absolute atomic E-state index is 0.0685. The van der Waals surface area contributed by atoms with Crippen LogP contribution in [0.3, 0.4) is 0 Å². The first-order valence-electron chi connectivity index (χ1n) is 11.1. The first-order chi connectivity index (χ1) is 14.3. The number of carbonyl (C=O) groups excluding carboxylic acids is 2. The molecule has 7 nitrogen and oxygen atoms in total. The molecule has 7 heteroatoms. The Morgan fingerprint density at radius 1 is 1.03 bits per heavy atom. The molecular weight excluding hydrogens is 380 g/mol. The molecule has 2 saturated heterocycles. The maximum atomic E-state index is 12.6. The van der Waals surface area contributed by atoms with Crippen LogP contribution in [0.2, 0.25) is 0 Å². The van der Waals surface area contributed by atoms with Gasteiger partial charge in [-0.15, -0.1) is 0 Å². The van der Waals surface area contributed by atoms with Crippen molar-refractivity contribution in [3.05, 3.63) is 35.9 Å². The van der Waals surface area contributed by atoms with Crippen LogP contribution < -0.4 is 5.32 Å². The Hall–Kier alpha value is -2.12. The molecular formula is C23H36N4O3. The van der Waals surface area contributed by atoms with Crippen molar-refractivity contribution in [1.82, 2.24) is 20.0 Å². The third kappa shape index (κ3) is 6.71. The van der Waals surface area contributed by atoms with Gasteiger partial charge in [0.25, 0.3) is 0 Å². The molecule has 2 amide bonds. The lowest BCUT2D eigenvalue weighted by atomic mass is 10.2. The number of hydrogen-bond donors (Lipinski definition) is 1. The van der Waals surface area contributed by atoms with Crippen LogP contribution in [0.4, 0.5) is 4.79 Å². The van der Waals surface area contributed by atoms with Crippen LogP contribution in [0.25, 0.3) is 0 Å². The zero-order valence-electron chi connectivity index (χ0n) is 18.6. The van der Waals surface area contributed by atoms with Crippen molar-refractivity contribution in [2.24, 2.45) is 0 Å². The van der Waals surface area contributed by atoms with E-state index in [4.69, 9.17) is 4.74 Å². The average molecular weight is 417 g/mol. The third-order valence-corrected chi connectivity index (χ3v) is 5.62. The summed E-state index contributed by atoms with van der Waals surface area (Å²) >= 11 is 0. The Kier molecular flexibility index (Phi) is 7.72. The fourth-order valence-corrected chi connectivity index (χ4v) is 4.05. The van der Waals surface area contributed by atoms with E-state index in [2.05, 4.69) is 39.4 Å². The number of likely N-dealkylation sites (tertiary alicyclic amines) is 1. The summed E-state index contributed by atoms with van der Waals surface area (Å²) in [5, 5.41) is 3.03. The van der Waals surface area contributed by atoms with Gasteiger partial charge in [-0.25, -0.2) is 4.79 Å². The summed E-state index contributed by atoms with van der Waals surface area (Å²) in [6.07, 6.45) is 1.14. The molecule has 0 saturated carbocycles. The zero-order valence-corrected chi connectivity index (χ0v) is 18.6. The van der Waals surface area contributed by atoms with Gasteiger partial charge in [-0.1, -0.05) is 30.3 Å². The highest BCUT2D eigenvalue weighted by Crippen LogP contribution is 2.21. The van der Waals surface area contributed by atoms with Crippen LogP contribution >= 0.6 is 0 Å². The predicted molar refractivity (Wildman–Crippen MR) is 117 cm³/mol. The van der Waals surface area contributed by atoms with E-state index in [0.29, 0.717) is 19.5 Å². The van der Waals surface area contributed by atoms with E-state index in [1.54, 1.807) is 4.90 Å². The molecule has 0 spiro atoms. The normalized spacial score (nSPS) is 20.9. The monoisotopic (exact) mass is 416 g/mol. The molecule has 2 aliphatic heterocycles. The fourth-order valence-electron chi connectivity index (χ4n) is 4.05. The molecule has 1 aromatic rings. The Bertz CT molecular complexity index is 696.